The van der Waals surface area contributed by atoms with Gasteiger partial charge in [-0.05, 0) is 4.11 Å². The second kappa shape index (κ2) is 1.75. The van der Waals surface area contributed by atoms with Crippen LogP contribution in [0, 0.1) is 0 Å². The SMILES string of the molecule is BrC1=CC=C[SiH2]1. The summed E-state index contributed by atoms with van der Waals surface area (Å²) in [5, 5.41) is 0. The van der Waals surface area contributed by atoms with Crippen molar-refractivity contribution in [1.82, 2.24) is 0 Å². The van der Waals surface area contributed by atoms with Crippen molar-refractivity contribution in [1.29, 1.82) is 0 Å². The Morgan fingerprint density at radius 1 is 1.67 bits per heavy atom. The minimum absolute atomic E-state index is 0.0648. The molecule has 0 saturated carbocycles. The highest BCUT2D eigenvalue weighted by Gasteiger charge is 1.89. The van der Waals surface area contributed by atoms with Crippen LogP contribution < -0.4 is 0 Å². The Morgan fingerprint density at radius 3 is 2.67 bits per heavy atom. The van der Waals surface area contributed by atoms with Crippen molar-refractivity contribution in [3.05, 3.63) is 22.0 Å². The maximum atomic E-state index is 3.40. The summed E-state index contributed by atoms with van der Waals surface area (Å²) in [4.78, 5) is 0. The van der Waals surface area contributed by atoms with Gasteiger partial charge in [-0.2, -0.15) is 0 Å². The molecule has 0 bridgehead atoms. The van der Waals surface area contributed by atoms with Crippen molar-refractivity contribution in [3.63, 3.8) is 0 Å². The van der Waals surface area contributed by atoms with Gasteiger partial charge < -0.3 is 0 Å². The van der Waals surface area contributed by atoms with E-state index in [9.17, 15) is 0 Å². The number of rotatable bonds is 0. The Labute approximate surface area is 47.9 Å². The molecule has 1 aliphatic heterocycles. The molecule has 0 aromatic rings. The zero-order valence-electron chi connectivity index (χ0n) is 3.32. The van der Waals surface area contributed by atoms with Gasteiger partial charge in [-0.1, -0.05) is 33.8 Å². The molecule has 0 spiro atoms. The molecule has 0 aliphatic carbocycles. The summed E-state index contributed by atoms with van der Waals surface area (Å²) >= 11 is 3.40. The Kier molecular flexibility index (Phi) is 1.27. The van der Waals surface area contributed by atoms with Crippen LogP contribution in [-0.4, -0.2) is 9.52 Å². The molecule has 0 atom stereocenters. The molecule has 6 heavy (non-hydrogen) atoms. The molecule has 1 rings (SSSR count). The van der Waals surface area contributed by atoms with Crippen molar-refractivity contribution < 1.29 is 0 Å². The van der Waals surface area contributed by atoms with Crippen molar-refractivity contribution in [2.24, 2.45) is 0 Å². The molecule has 0 fully saturated rings. The zero-order valence-corrected chi connectivity index (χ0v) is 6.32. The Morgan fingerprint density at radius 2 is 2.50 bits per heavy atom. The third kappa shape index (κ3) is 0.818. The molecule has 1 heterocycles. The van der Waals surface area contributed by atoms with E-state index < -0.39 is 0 Å². The quantitative estimate of drug-likeness (QED) is 0.463. The lowest BCUT2D eigenvalue weighted by Gasteiger charge is -1.74. The topological polar surface area (TPSA) is 0 Å². The van der Waals surface area contributed by atoms with Gasteiger partial charge >= 0.3 is 0 Å². The van der Waals surface area contributed by atoms with Crippen LogP contribution in [0.3, 0.4) is 0 Å². The molecule has 0 saturated heterocycles. The first-order valence-electron chi connectivity index (χ1n) is 1.91. The van der Waals surface area contributed by atoms with Gasteiger partial charge in [-0.15, -0.1) is 0 Å². The molecule has 0 radical (unpaired) electrons. The predicted molar refractivity (Wildman–Crippen MR) is 34.7 cm³/mol. The third-order valence-corrected chi connectivity index (χ3v) is 3.10. The van der Waals surface area contributed by atoms with Crippen molar-refractivity contribution in [2.75, 3.05) is 0 Å². The lowest BCUT2D eigenvalue weighted by atomic mass is 10.6. The minimum Gasteiger partial charge on any atom is -0.0955 e. The summed E-state index contributed by atoms with van der Waals surface area (Å²) in [5.41, 5.74) is 2.25. The molecule has 1 aliphatic rings. The highest BCUT2D eigenvalue weighted by Crippen LogP contribution is 2.07. The van der Waals surface area contributed by atoms with E-state index in [1.54, 1.807) is 0 Å². The van der Waals surface area contributed by atoms with Crippen LogP contribution in [0.1, 0.15) is 0 Å². The van der Waals surface area contributed by atoms with Crippen LogP contribution in [0.25, 0.3) is 0 Å². The van der Waals surface area contributed by atoms with E-state index in [1.807, 2.05) is 0 Å². The highest BCUT2D eigenvalue weighted by molar-refractivity contribution is 9.12. The van der Waals surface area contributed by atoms with Gasteiger partial charge in [-0.3, -0.25) is 0 Å². The summed E-state index contributed by atoms with van der Waals surface area (Å²) in [6, 6.07) is 0. The molecule has 32 valence electrons. The molecular formula is C4H5BrSi. The number of halogens is 1. The van der Waals surface area contributed by atoms with E-state index in [0.717, 1.165) is 0 Å². The van der Waals surface area contributed by atoms with E-state index in [2.05, 4.69) is 33.8 Å². The fraction of sp³-hybridized carbons (Fsp3) is 0. The van der Waals surface area contributed by atoms with Gasteiger partial charge in [-0.25, -0.2) is 0 Å². The average molecular weight is 161 g/mol. The standard InChI is InChI=1S/C4H5BrSi/c5-4-2-1-3-6-4/h1-3H,6H2. The largest absolute Gasteiger partial charge is 0.0955 e. The molecule has 0 N–H and O–H groups in total. The van der Waals surface area contributed by atoms with Crippen LogP contribution in [0.4, 0.5) is 0 Å². The van der Waals surface area contributed by atoms with Crippen molar-refractivity contribution >= 4 is 25.4 Å². The van der Waals surface area contributed by atoms with Crippen LogP contribution in [0.5, 0.6) is 0 Å². The summed E-state index contributed by atoms with van der Waals surface area (Å²) in [6.45, 7) is 0. The lowest BCUT2D eigenvalue weighted by Crippen LogP contribution is -1.73. The smallest absolute Gasteiger partial charge is 0.0872 e. The zero-order chi connectivity index (χ0) is 4.41. The second-order valence-electron chi connectivity index (χ2n) is 1.25. The number of hydrogen-bond acceptors (Lipinski definition) is 0. The summed E-state index contributed by atoms with van der Waals surface area (Å²) in [6.07, 6.45) is 4.22. The minimum atomic E-state index is 0.0648. The first-order valence-corrected chi connectivity index (χ1v) is 4.22. The normalized spacial score (nSPS) is 22.5. The maximum Gasteiger partial charge on any atom is 0.0872 e. The van der Waals surface area contributed by atoms with Crippen LogP contribution in [-0.2, 0) is 0 Å². The number of allylic oxidation sites excluding steroid dienone is 2. The average Bonchev–Trinajstić information content (AvgIpc) is 1.86. The van der Waals surface area contributed by atoms with Crippen LogP contribution in [0.2, 0.25) is 0 Å². The molecule has 0 nitrogen and oxygen atoms in total. The molecule has 0 aromatic carbocycles. The van der Waals surface area contributed by atoms with E-state index in [1.165, 1.54) is 4.11 Å². The Balaban J connectivity index is 2.61. The highest BCUT2D eigenvalue weighted by atomic mass is 79.9. The van der Waals surface area contributed by atoms with Crippen LogP contribution >= 0.6 is 15.9 Å². The van der Waals surface area contributed by atoms with Crippen molar-refractivity contribution in [3.8, 4) is 0 Å². The van der Waals surface area contributed by atoms with Gasteiger partial charge in [0.05, 0.1) is 9.52 Å². The molecule has 0 unspecified atom stereocenters. The monoisotopic (exact) mass is 160 g/mol. The van der Waals surface area contributed by atoms with Gasteiger partial charge in [0.15, 0.2) is 0 Å². The molecular weight excluding hydrogens is 156 g/mol. The maximum absolute atomic E-state index is 3.40. The first-order chi connectivity index (χ1) is 2.89. The summed E-state index contributed by atoms with van der Waals surface area (Å²) in [7, 11) is 0.0648. The van der Waals surface area contributed by atoms with E-state index in [4.69, 9.17) is 0 Å². The summed E-state index contributed by atoms with van der Waals surface area (Å²) < 4.78 is 1.42. The fourth-order valence-corrected chi connectivity index (χ4v) is 1.90. The van der Waals surface area contributed by atoms with Gasteiger partial charge in [0.1, 0.15) is 0 Å². The van der Waals surface area contributed by atoms with E-state index >= 15 is 0 Å². The van der Waals surface area contributed by atoms with Gasteiger partial charge in [0, 0.05) is 0 Å². The van der Waals surface area contributed by atoms with Gasteiger partial charge in [0.2, 0.25) is 0 Å². The lowest BCUT2D eigenvalue weighted by molar-refractivity contribution is 2.13. The van der Waals surface area contributed by atoms with Crippen molar-refractivity contribution in [2.45, 2.75) is 0 Å². The number of hydrogen-bond donors (Lipinski definition) is 0. The predicted octanol–water partition coefficient (Wildman–Crippen LogP) is 0.919. The Bertz CT molecular complexity index is 104. The van der Waals surface area contributed by atoms with Crippen LogP contribution in [0.15, 0.2) is 22.0 Å². The first kappa shape index (κ1) is 4.34. The summed E-state index contributed by atoms with van der Waals surface area (Å²) in [5.74, 6) is 0. The molecule has 0 amide bonds. The Hall–Kier alpha value is 0.177. The fourth-order valence-electron chi connectivity index (χ4n) is 0.421. The van der Waals surface area contributed by atoms with E-state index in [-0.39, 0.29) is 9.52 Å². The molecule has 2 heteroatoms. The van der Waals surface area contributed by atoms with E-state index in [0.29, 0.717) is 0 Å². The van der Waals surface area contributed by atoms with Gasteiger partial charge in [0.25, 0.3) is 0 Å². The second-order valence-corrected chi connectivity index (χ2v) is 4.94. The third-order valence-electron chi connectivity index (χ3n) is 0.726. The molecule has 0 aromatic heterocycles.